The Balaban J connectivity index is 1.54. The van der Waals surface area contributed by atoms with Crippen molar-refractivity contribution in [2.24, 2.45) is 4.99 Å². The molecule has 0 aliphatic carbocycles. The standard InChI is InChI=1S/C20H25N5O/c1-2-21-20(23-13-10-17-8-5-6-12-22-17)24-15-19(26)25-14-11-16-7-3-4-9-18(16)25/h3-9,12H,2,10-11,13-15H2,1H3,(H2,21,23,24). The molecule has 0 spiro atoms. The molecule has 136 valence electrons. The van der Waals surface area contributed by atoms with Crippen LogP contribution in [-0.4, -0.2) is 43.0 Å². The molecule has 1 aliphatic heterocycles. The van der Waals surface area contributed by atoms with Crippen molar-refractivity contribution in [3.8, 4) is 0 Å². The van der Waals surface area contributed by atoms with E-state index in [0.717, 1.165) is 37.3 Å². The van der Waals surface area contributed by atoms with Gasteiger partial charge in [0.05, 0.1) is 0 Å². The molecule has 6 nitrogen and oxygen atoms in total. The number of nitrogens with zero attached hydrogens (tertiary/aromatic N) is 3. The summed E-state index contributed by atoms with van der Waals surface area (Å²) in [5.41, 5.74) is 3.27. The molecule has 26 heavy (non-hydrogen) atoms. The number of hydrogen-bond donors (Lipinski definition) is 2. The molecule has 1 aromatic heterocycles. The fourth-order valence-electron chi connectivity index (χ4n) is 3.03. The van der Waals surface area contributed by atoms with Gasteiger partial charge in [-0.05, 0) is 37.1 Å². The van der Waals surface area contributed by atoms with E-state index in [9.17, 15) is 4.79 Å². The summed E-state index contributed by atoms with van der Waals surface area (Å²) in [5.74, 6) is 0.682. The second kappa shape index (κ2) is 8.99. The quantitative estimate of drug-likeness (QED) is 0.615. The summed E-state index contributed by atoms with van der Waals surface area (Å²) >= 11 is 0. The molecule has 1 amide bonds. The van der Waals surface area contributed by atoms with Gasteiger partial charge in [0.15, 0.2) is 5.96 Å². The molecule has 0 saturated heterocycles. The van der Waals surface area contributed by atoms with Crippen LogP contribution in [0.2, 0.25) is 0 Å². The van der Waals surface area contributed by atoms with Gasteiger partial charge in [-0.25, -0.2) is 4.99 Å². The van der Waals surface area contributed by atoms with Crippen LogP contribution in [0.1, 0.15) is 18.2 Å². The Morgan fingerprint density at radius 1 is 1.19 bits per heavy atom. The van der Waals surface area contributed by atoms with Crippen LogP contribution in [0.4, 0.5) is 5.69 Å². The third-order valence-corrected chi connectivity index (χ3v) is 4.30. The molecule has 0 bridgehead atoms. The molecule has 0 atom stereocenters. The predicted octanol–water partition coefficient (Wildman–Crippen LogP) is 1.77. The maximum absolute atomic E-state index is 12.6. The Bertz CT molecular complexity index is 760. The first-order valence-corrected chi connectivity index (χ1v) is 9.08. The second-order valence-electron chi connectivity index (χ2n) is 6.12. The average molecular weight is 351 g/mol. The lowest BCUT2D eigenvalue weighted by Crippen LogP contribution is -2.40. The Labute approximate surface area is 154 Å². The van der Waals surface area contributed by atoms with Crippen LogP contribution < -0.4 is 15.5 Å². The highest BCUT2D eigenvalue weighted by Gasteiger charge is 2.23. The smallest absolute Gasteiger partial charge is 0.248 e. The van der Waals surface area contributed by atoms with Crippen LogP contribution >= 0.6 is 0 Å². The number of rotatable bonds is 6. The molecule has 0 saturated carbocycles. The lowest BCUT2D eigenvalue weighted by molar-refractivity contribution is -0.117. The number of para-hydroxylation sites is 1. The minimum Gasteiger partial charge on any atom is -0.357 e. The van der Waals surface area contributed by atoms with Crippen molar-refractivity contribution in [2.45, 2.75) is 19.8 Å². The summed E-state index contributed by atoms with van der Waals surface area (Å²) in [4.78, 5) is 23.1. The zero-order valence-corrected chi connectivity index (χ0v) is 15.1. The van der Waals surface area contributed by atoms with E-state index in [-0.39, 0.29) is 12.5 Å². The van der Waals surface area contributed by atoms with Crippen molar-refractivity contribution in [3.63, 3.8) is 0 Å². The van der Waals surface area contributed by atoms with E-state index < -0.39 is 0 Å². The Morgan fingerprint density at radius 3 is 2.85 bits per heavy atom. The molecule has 2 N–H and O–H groups in total. The summed E-state index contributed by atoms with van der Waals surface area (Å²) in [7, 11) is 0. The maximum atomic E-state index is 12.6. The first-order chi connectivity index (χ1) is 12.8. The molecule has 1 aromatic carbocycles. The molecule has 0 unspecified atom stereocenters. The summed E-state index contributed by atoms with van der Waals surface area (Å²) in [5, 5.41) is 6.44. The summed E-state index contributed by atoms with van der Waals surface area (Å²) < 4.78 is 0. The lowest BCUT2D eigenvalue weighted by atomic mass is 10.2. The number of benzene rings is 1. The van der Waals surface area contributed by atoms with Gasteiger partial charge in [0, 0.05) is 43.6 Å². The summed E-state index contributed by atoms with van der Waals surface area (Å²) in [6.07, 6.45) is 3.51. The van der Waals surface area contributed by atoms with E-state index in [1.54, 1.807) is 6.20 Å². The van der Waals surface area contributed by atoms with Gasteiger partial charge in [0.25, 0.3) is 0 Å². The lowest BCUT2D eigenvalue weighted by Gasteiger charge is -2.17. The summed E-state index contributed by atoms with van der Waals surface area (Å²) in [6.45, 7) is 4.33. The van der Waals surface area contributed by atoms with Gasteiger partial charge < -0.3 is 15.5 Å². The number of aromatic nitrogens is 1. The van der Waals surface area contributed by atoms with Gasteiger partial charge in [-0.2, -0.15) is 0 Å². The van der Waals surface area contributed by atoms with Crippen LogP contribution in [0, 0.1) is 0 Å². The molecular weight excluding hydrogens is 326 g/mol. The molecule has 0 fully saturated rings. The molecular formula is C20H25N5O. The van der Waals surface area contributed by atoms with E-state index in [0.29, 0.717) is 12.5 Å². The minimum absolute atomic E-state index is 0.0249. The van der Waals surface area contributed by atoms with Crippen molar-refractivity contribution >= 4 is 17.6 Å². The fraction of sp³-hybridized carbons (Fsp3) is 0.350. The van der Waals surface area contributed by atoms with Crippen LogP contribution in [-0.2, 0) is 17.6 Å². The minimum atomic E-state index is 0.0249. The SMILES string of the molecule is CCNC(=NCC(=O)N1CCc2ccccc21)NCCc1ccccn1. The fourth-order valence-corrected chi connectivity index (χ4v) is 3.03. The average Bonchev–Trinajstić information content (AvgIpc) is 3.11. The van der Waals surface area contributed by atoms with E-state index in [1.165, 1.54) is 5.56 Å². The van der Waals surface area contributed by atoms with Crippen molar-refractivity contribution in [3.05, 3.63) is 59.9 Å². The largest absolute Gasteiger partial charge is 0.357 e. The van der Waals surface area contributed by atoms with Gasteiger partial charge >= 0.3 is 0 Å². The van der Waals surface area contributed by atoms with Crippen molar-refractivity contribution in [2.75, 3.05) is 31.1 Å². The van der Waals surface area contributed by atoms with Crippen LogP contribution in [0.15, 0.2) is 53.7 Å². The molecule has 1 aliphatic rings. The van der Waals surface area contributed by atoms with Crippen molar-refractivity contribution in [1.29, 1.82) is 0 Å². The van der Waals surface area contributed by atoms with Crippen LogP contribution in [0.5, 0.6) is 0 Å². The number of hydrogen-bond acceptors (Lipinski definition) is 3. The number of amides is 1. The number of carbonyl (C=O) groups excluding carboxylic acids is 1. The van der Waals surface area contributed by atoms with Crippen LogP contribution in [0.25, 0.3) is 0 Å². The van der Waals surface area contributed by atoms with E-state index in [4.69, 9.17) is 0 Å². The van der Waals surface area contributed by atoms with E-state index in [1.807, 2.05) is 48.2 Å². The molecule has 2 aromatic rings. The predicted molar refractivity (Wildman–Crippen MR) is 104 cm³/mol. The second-order valence-corrected chi connectivity index (χ2v) is 6.12. The highest BCUT2D eigenvalue weighted by atomic mass is 16.2. The zero-order valence-electron chi connectivity index (χ0n) is 15.1. The highest BCUT2D eigenvalue weighted by Crippen LogP contribution is 2.27. The third kappa shape index (κ3) is 4.59. The number of aliphatic imine (C=N–C) groups is 1. The number of pyridine rings is 1. The van der Waals surface area contributed by atoms with Gasteiger partial charge in [-0.1, -0.05) is 24.3 Å². The number of anilines is 1. The number of carbonyl (C=O) groups is 1. The normalized spacial score (nSPS) is 13.4. The Morgan fingerprint density at radius 2 is 2.04 bits per heavy atom. The maximum Gasteiger partial charge on any atom is 0.248 e. The molecule has 2 heterocycles. The van der Waals surface area contributed by atoms with E-state index in [2.05, 4.69) is 26.7 Å². The van der Waals surface area contributed by atoms with Gasteiger partial charge in [0.2, 0.25) is 5.91 Å². The number of fused-ring (bicyclic) bond motifs is 1. The first-order valence-electron chi connectivity index (χ1n) is 9.08. The third-order valence-electron chi connectivity index (χ3n) is 4.30. The van der Waals surface area contributed by atoms with Crippen LogP contribution in [0.3, 0.4) is 0 Å². The van der Waals surface area contributed by atoms with E-state index >= 15 is 0 Å². The first kappa shape index (κ1) is 17.9. The van der Waals surface area contributed by atoms with Gasteiger partial charge in [-0.15, -0.1) is 0 Å². The summed E-state index contributed by atoms with van der Waals surface area (Å²) in [6, 6.07) is 13.9. The Hall–Kier alpha value is -2.89. The monoisotopic (exact) mass is 351 g/mol. The number of guanidine groups is 1. The topological polar surface area (TPSA) is 69.6 Å². The molecule has 6 heteroatoms. The van der Waals surface area contributed by atoms with Gasteiger partial charge in [-0.3, -0.25) is 9.78 Å². The number of nitrogens with one attached hydrogen (secondary N) is 2. The molecule has 0 radical (unpaired) electrons. The van der Waals surface area contributed by atoms with Crippen molar-refractivity contribution < 1.29 is 4.79 Å². The van der Waals surface area contributed by atoms with Gasteiger partial charge in [0.1, 0.15) is 6.54 Å². The molecule has 3 rings (SSSR count). The zero-order chi connectivity index (χ0) is 18.2. The van der Waals surface area contributed by atoms with Crippen molar-refractivity contribution in [1.82, 2.24) is 15.6 Å². The Kier molecular flexibility index (Phi) is 6.19. The highest BCUT2D eigenvalue weighted by molar-refractivity contribution is 5.98.